The summed E-state index contributed by atoms with van der Waals surface area (Å²) in [5.41, 5.74) is 25.3. The molecule has 0 spiro atoms. The van der Waals surface area contributed by atoms with Gasteiger partial charge in [0.1, 0.15) is 48.1 Å². The summed E-state index contributed by atoms with van der Waals surface area (Å²) in [7, 11) is 0. The lowest BCUT2D eigenvalue weighted by molar-refractivity contribution is -0.136. The van der Waals surface area contributed by atoms with Crippen molar-refractivity contribution < 1.29 is 38.4 Å². The maximum absolute atomic E-state index is 14.8. The van der Waals surface area contributed by atoms with Crippen LogP contribution in [0.5, 0.6) is 0 Å². The van der Waals surface area contributed by atoms with E-state index in [1.807, 2.05) is 65.8 Å². The number of nitrogen functional groups attached to an aromatic ring is 1. The monoisotopic (exact) mass is 1100 g/mol. The van der Waals surface area contributed by atoms with Gasteiger partial charge in [0.25, 0.3) is 0 Å². The zero-order valence-corrected chi connectivity index (χ0v) is 47.6. The number of aromatic amines is 1. The molecule has 8 amide bonds. The number of amides is 8. The van der Waals surface area contributed by atoms with Crippen molar-refractivity contribution in [2.75, 3.05) is 13.1 Å². The van der Waals surface area contributed by atoms with Gasteiger partial charge in [-0.1, -0.05) is 97.9 Å². The molecule has 0 bridgehead atoms. The Balaban J connectivity index is 1.95. The molecule has 0 aliphatic rings. The number of para-hydroxylation sites is 1. The van der Waals surface area contributed by atoms with Crippen LogP contribution in [0.2, 0.25) is 0 Å². The zero-order chi connectivity index (χ0) is 58.9. The van der Waals surface area contributed by atoms with E-state index in [4.69, 9.17) is 28.3 Å². The van der Waals surface area contributed by atoms with Gasteiger partial charge in [-0.3, -0.25) is 48.8 Å². The fourth-order valence-electron chi connectivity index (χ4n) is 8.87. The summed E-state index contributed by atoms with van der Waals surface area (Å²) in [4.78, 5) is 119. The fourth-order valence-corrected chi connectivity index (χ4v) is 8.87. The highest BCUT2D eigenvalue weighted by Gasteiger charge is 2.36. The van der Waals surface area contributed by atoms with E-state index in [-0.39, 0.29) is 81.2 Å². The van der Waals surface area contributed by atoms with Crippen molar-refractivity contribution >= 4 is 70.0 Å². The molecule has 0 aliphatic heterocycles. The summed E-state index contributed by atoms with van der Waals surface area (Å²) < 4.78 is 0. The van der Waals surface area contributed by atoms with Crippen molar-refractivity contribution in [1.29, 1.82) is 5.41 Å². The number of nitrogens with two attached hydrogens (primary N) is 4. The topological polar surface area (TPSA) is 389 Å². The van der Waals surface area contributed by atoms with E-state index >= 15 is 0 Å². The first kappa shape index (κ1) is 65.7. The largest absolute Gasteiger partial charge is 0.384 e. The number of nitrogens with one attached hydrogen (secondary N) is 10. The van der Waals surface area contributed by atoms with E-state index in [1.54, 1.807) is 44.3 Å². The number of amidine groups is 1. The minimum atomic E-state index is -1.29. The van der Waals surface area contributed by atoms with Crippen LogP contribution < -0.4 is 65.5 Å². The molecule has 0 saturated heterocycles. The Morgan fingerprint density at radius 3 is 1.57 bits per heavy atom. The molecule has 0 radical (unpaired) electrons. The van der Waals surface area contributed by atoms with Crippen LogP contribution in [0.25, 0.3) is 10.9 Å². The quantitative estimate of drug-likeness (QED) is 0.0231. The SMILES string of the molecule is CC(=O)N[C@@H](CC(C)C)C(=O)N[C@@H](CC(C)C)C(=O)N[C@@H](Cc1c[nH]c2ccccc12)C(=O)N[C@@H](CC(C)C)C(=O)N[C@@H](CCCN=C(N)N)C(=O)N[C@H](C(=O)N[C@@H](CCCCN)C(=O)NCc1ccc(C(=N)N)cc1)C(C)C. The summed E-state index contributed by atoms with van der Waals surface area (Å²) >= 11 is 0. The first-order chi connectivity index (χ1) is 37.3. The second kappa shape index (κ2) is 33.0. The molecular formula is C56H89N15O8. The number of unbranched alkanes of at least 4 members (excludes halogenated alkanes) is 1. The number of carbonyl (C=O) groups is 8. The van der Waals surface area contributed by atoms with Crippen molar-refractivity contribution in [1.82, 2.24) is 47.5 Å². The van der Waals surface area contributed by atoms with E-state index in [0.29, 0.717) is 36.9 Å². The number of aliphatic imine (C=N–C) groups is 1. The number of carbonyl (C=O) groups excluding carboxylic acids is 8. The summed E-state index contributed by atoms with van der Waals surface area (Å²) in [5, 5.41) is 31.0. The van der Waals surface area contributed by atoms with Crippen molar-refractivity contribution in [3.63, 3.8) is 0 Å². The van der Waals surface area contributed by atoms with Gasteiger partial charge in [-0.25, -0.2) is 0 Å². The summed E-state index contributed by atoms with van der Waals surface area (Å²) in [5.74, 6) is -5.87. The van der Waals surface area contributed by atoms with E-state index in [2.05, 4.69) is 52.5 Å². The molecule has 79 heavy (non-hydrogen) atoms. The van der Waals surface area contributed by atoms with Gasteiger partial charge in [0.2, 0.25) is 47.3 Å². The second-order valence-electron chi connectivity index (χ2n) is 21.8. The molecule has 3 rings (SSSR count). The van der Waals surface area contributed by atoms with E-state index in [0.717, 1.165) is 16.5 Å². The van der Waals surface area contributed by atoms with E-state index < -0.39 is 95.5 Å². The molecule has 1 heterocycles. The maximum atomic E-state index is 14.8. The highest BCUT2D eigenvalue weighted by atomic mass is 16.2. The van der Waals surface area contributed by atoms with Gasteiger partial charge in [0, 0.05) is 49.1 Å². The Morgan fingerprint density at radius 2 is 1.05 bits per heavy atom. The Morgan fingerprint density at radius 1 is 0.570 bits per heavy atom. The summed E-state index contributed by atoms with van der Waals surface area (Å²) in [6.07, 6.45) is 3.91. The number of hydrogen-bond acceptors (Lipinski definition) is 11. The molecule has 0 saturated carbocycles. The van der Waals surface area contributed by atoms with Crippen molar-refractivity contribution in [2.45, 2.75) is 169 Å². The predicted molar refractivity (Wildman–Crippen MR) is 307 cm³/mol. The Labute approximate surface area is 464 Å². The first-order valence-corrected chi connectivity index (χ1v) is 27.4. The smallest absolute Gasteiger partial charge is 0.243 e. The van der Waals surface area contributed by atoms with E-state index in [9.17, 15) is 38.4 Å². The zero-order valence-electron chi connectivity index (χ0n) is 47.6. The third-order valence-corrected chi connectivity index (χ3v) is 12.9. The summed E-state index contributed by atoms with van der Waals surface area (Å²) in [6, 6.07) is 6.23. The fraction of sp³-hybridized carbons (Fsp3) is 0.571. The normalized spacial score (nSPS) is 14.0. The summed E-state index contributed by atoms with van der Waals surface area (Å²) in [6.45, 7) is 16.6. The molecule has 23 heteroatoms. The van der Waals surface area contributed by atoms with E-state index in [1.165, 1.54) is 6.92 Å². The number of hydrogen-bond donors (Lipinski definition) is 14. The van der Waals surface area contributed by atoms with Crippen LogP contribution in [0.15, 0.2) is 59.7 Å². The number of rotatable bonds is 34. The van der Waals surface area contributed by atoms with Crippen molar-refractivity contribution in [2.24, 2.45) is 51.6 Å². The number of aromatic nitrogens is 1. The average molecular weight is 1100 g/mol. The van der Waals surface area contributed by atoms with Crippen molar-refractivity contribution in [3.8, 4) is 0 Å². The molecule has 1 aromatic heterocycles. The lowest BCUT2D eigenvalue weighted by atomic mass is 9.98. The highest BCUT2D eigenvalue weighted by molar-refractivity contribution is 5.98. The number of benzene rings is 2. The third-order valence-electron chi connectivity index (χ3n) is 12.9. The highest BCUT2D eigenvalue weighted by Crippen LogP contribution is 2.20. The number of nitrogens with zero attached hydrogens (tertiary/aromatic N) is 1. The standard InChI is InChI=1S/C56H89N15O8/c1-31(2)25-43(65-35(9)72)51(75)68-45(27-33(5)6)53(77)70-46(28-38-30-63-40-16-11-10-15-39(38)40)54(78)69-44(26-32(3)4)52(76)66-42(18-14-24-62-56(60)61)50(74)71-47(34(7)8)55(79)67-41(17-12-13-23-57)49(73)64-29-36-19-21-37(22-20-36)48(58)59/h10-11,15-16,19-22,30-34,41-47,63H,12-14,17-18,23-29,57H2,1-9H3,(H3,58,59)(H,64,73)(H,65,72)(H,66,76)(H,67,79)(H,68,75)(H,69,78)(H,70,77)(H,71,74)(H4,60,61,62)/t41-,42-,43-,44-,45-,46-,47-/m0/s1. The van der Waals surface area contributed by atoms with Crippen LogP contribution in [-0.2, 0) is 51.3 Å². The van der Waals surface area contributed by atoms with Gasteiger partial charge in [0.05, 0.1) is 0 Å². The Bertz CT molecular complexity index is 2540. The van der Waals surface area contributed by atoms with Crippen LogP contribution in [0.3, 0.4) is 0 Å². The molecule has 2 aromatic carbocycles. The van der Waals surface area contributed by atoms with Crippen molar-refractivity contribution in [3.05, 3.63) is 71.4 Å². The molecule has 0 fully saturated rings. The van der Waals surface area contributed by atoms with Crippen LogP contribution >= 0.6 is 0 Å². The van der Waals surface area contributed by atoms with Gasteiger partial charge < -0.3 is 70.5 Å². The molecular weight excluding hydrogens is 1010 g/mol. The lowest BCUT2D eigenvalue weighted by Crippen LogP contribution is -2.61. The van der Waals surface area contributed by atoms with Gasteiger partial charge in [-0.2, -0.15) is 0 Å². The van der Waals surface area contributed by atoms with Crippen LogP contribution in [0.4, 0.5) is 0 Å². The predicted octanol–water partition coefficient (Wildman–Crippen LogP) is 1.70. The molecule has 436 valence electrons. The van der Waals surface area contributed by atoms with Gasteiger partial charge >= 0.3 is 0 Å². The van der Waals surface area contributed by atoms with Gasteiger partial charge in [0.15, 0.2) is 5.96 Å². The maximum Gasteiger partial charge on any atom is 0.243 e. The van der Waals surface area contributed by atoms with Gasteiger partial charge in [-0.15, -0.1) is 0 Å². The molecule has 18 N–H and O–H groups in total. The number of fused-ring (bicyclic) bond motifs is 1. The number of guanidine groups is 1. The minimum absolute atomic E-state index is 0.00279. The Kier molecular flexibility index (Phi) is 27.5. The molecule has 3 aromatic rings. The minimum Gasteiger partial charge on any atom is -0.384 e. The van der Waals surface area contributed by atoms with Crippen LogP contribution in [0, 0.1) is 29.1 Å². The average Bonchev–Trinajstić information content (AvgIpc) is 3.81. The first-order valence-electron chi connectivity index (χ1n) is 27.4. The third kappa shape index (κ3) is 23.1. The molecule has 0 unspecified atom stereocenters. The number of H-pyrrole nitrogens is 1. The van der Waals surface area contributed by atoms with Gasteiger partial charge in [-0.05, 0) is 98.8 Å². The molecule has 7 atom stereocenters. The molecule has 23 nitrogen and oxygen atoms in total. The van der Waals surface area contributed by atoms with Crippen LogP contribution in [0.1, 0.15) is 130 Å². The molecule has 0 aliphatic carbocycles. The Hall–Kier alpha value is -7.56. The lowest BCUT2D eigenvalue weighted by Gasteiger charge is -2.29. The second-order valence-corrected chi connectivity index (χ2v) is 21.8. The van der Waals surface area contributed by atoms with Crippen LogP contribution in [-0.4, -0.2) is 119 Å².